The Balaban J connectivity index is 2.27. The van der Waals surface area contributed by atoms with Crippen LogP contribution in [0.3, 0.4) is 0 Å². The molecule has 15 heavy (non-hydrogen) atoms. The molecule has 0 amide bonds. The van der Waals surface area contributed by atoms with Crippen molar-refractivity contribution in [3.8, 4) is 0 Å². The Hall–Kier alpha value is 0.100. The van der Waals surface area contributed by atoms with Crippen molar-refractivity contribution >= 4 is 27.3 Å². The number of rotatable bonds is 1. The monoisotopic (exact) mass is 288 g/mol. The predicted molar refractivity (Wildman–Crippen MR) is 69.2 cm³/mol. The molecular formula is C11H17BrN2S. The average molecular weight is 289 g/mol. The van der Waals surface area contributed by atoms with Crippen molar-refractivity contribution < 1.29 is 0 Å². The van der Waals surface area contributed by atoms with Gasteiger partial charge in [0.1, 0.15) is 0 Å². The third-order valence-corrected chi connectivity index (χ3v) is 5.03. The Morgan fingerprint density at radius 3 is 3.00 bits per heavy atom. The molecule has 0 aromatic carbocycles. The summed E-state index contributed by atoms with van der Waals surface area (Å²) in [7, 11) is 2.18. The minimum Gasteiger partial charge on any atom is -0.326 e. The number of hydrogen-bond acceptors (Lipinski definition) is 3. The van der Waals surface area contributed by atoms with Crippen LogP contribution in [0.2, 0.25) is 0 Å². The van der Waals surface area contributed by atoms with Crippen LogP contribution >= 0.6 is 27.3 Å². The molecule has 1 fully saturated rings. The predicted octanol–water partition coefficient (Wildman–Crippen LogP) is 2.99. The number of likely N-dealkylation sites (tertiary alicyclic amines) is 1. The number of halogens is 1. The SMILES string of the molecule is CN1CCCCC(N)C1c1sccc1Br. The summed E-state index contributed by atoms with van der Waals surface area (Å²) >= 11 is 5.41. The van der Waals surface area contributed by atoms with Gasteiger partial charge in [0, 0.05) is 15.4 Å². The quantitative estimate of drug-likeness (QED) is 0.861. The second kappa shape index (κ2) is 4.95. The molecule has 0 bridgehead atoms. The van der Waals surface area contributed by atoms with Crippen LogP contribution in [0.15, 0.2) is 15.9 Å². The molecule has 1 saturated heterocycles. The van der Waals surface area contributed by atoms with Gasteiger partial charge in [-0.15, -0.1) is 11.3 Å². The normalized spacial score (nSPS) is 29.0. The fourth-order valence-corrected chi connectivity index (χ4v) is 4.12. The van der Waals surface area contributed by atoms with Gasteiger partial charge in [-0.2, -0.15) is 0 Å². The molecule has 0 spiro atoms. The first-order chi connectivity index (χ1) is 7.20. The fourth-order valence-electron chi connectivity index (χ4n) is 2.28. The van der Waals surface area contributed by atoms with Gasteiger partial charge in [-0.1, -0.05) is 6.42 Å². The molecule has 2 atom stereocenters. The first-order valence-electron chi connectivity index (χ1n) is 5.39. The highest BCUT2D eigenvalue weighted by Crippen LogP contribution is 2.36. The van der Waals surface area contributed by atoms with Gasteiger partial charge in [0.25, 0.3) is 0 Å². The van der Waals surface area contributed by atoms with Gasteiger partial charge < -0.3 is 5.73 Å². The summed E-state index contributed by atoms with van der Waals surface area (Å²) in [6.45, 7) is 1.16. The molecule has 2 nitrogen and oxygen atoms in total. The van der Waals surface area contributed by atoms with E-state index in [1.807, 2.05) is 0 Å². The fraction of sp³-hybridized carbons (Fsp3) is 0.636. The van der Waals surface area contributed by atoms with Gasteiger partial charge in [0.05, 0.1) is 6.04 Å². The highest BCUT2D eigenvalue weighted by molar-refractivity contribution is 9.10. The van der Waals surface area contributed by atoms with Crippen molar-refractivity contribution in [2.24, 2.45) is 5.73 Å². The molecule has 0 saturated carbocycles. The maximum atomic E-state index is 6.27. The van der Waals surface area contributed by atoms with E-state index in [1.165, 1.54) is 22.2 Å². The second-order valence-corrected chi connectivity index (χ2v) is 6.02. The molecule has 84 valence electrons. The zero-order chi connectivity index (χ0) is 10.8. The third kappa shape index (κ3) is 2.44. The van der Waals surface area contributed by atoms with Crippen LogP contribution in [0, 0.1) is 0 Å². The van der Waals surface area contributed by atoms with Gasteiger partial charge in [0.15, 0.2) is 0 Å². The molecule has 0 aliphatic carbocycles. The molecule has 0 radical (unpaired) electrons. The van der Waals surface area contributed by atoms with E-state index in [9.17, 15) is 0 Å². The number of likely N-dealkylation sites (N-methyl/N-ethyl adjacent to an activating group) is 1. The maximum absolute atomic E-state index is 6.27. The molecule has 2 rings (SSSR count). The highest BCUT2D eigenvalue weighted by Gasteiger charge is 2.28. The smallest absolute Gasteiger partial charge is 0.0602 e. The topological polar surface area (TPSA) is 29.3 Å². The lowest BCUT2D eigenvalue weighted by atomic mass is 10.0. The number of nitrogens with two attached hydrogens (primary N) is 1. The Morgan fingerprint density at radius 1 is 1.53 bits per heavy atom. The Labute approximate surface area is 104 Å². The van der Waals surface area contributed by atoms with Crippen LogP contribution in [0.4, 0.5) is 0 Å². The Kier molecular flexibility index (Phi) is 3.83. The summed E-state index contributed by atoms with van der Waals surface area (Å²) < 4.78 is 1.21. The molecule has 2 unspecified atom stereocenters. The second-order valence-electron chi connectivity index (χ2n) is 4.22. The van der Waals surface area contributed by atoms with E-state index in [2.05, 4.69) is 39.3 Å². The number of thiophene rings is 1. The molecule has 1 aliphatic rings. The van der Waals surface area contributed by atoms with E-state index >= 15 is 0 Å². The standard InChI is InChI=1S/C11H17BrN2S/c1-14-6-3-2-4-9(13)10(14)11-8(12)5-7-15-11/h5,7,9-10H,2-4,6,13H2,1H3. The lowest BCUT2D eigenvalue weighted by Crippen LogP contribution is -2.37. The van der Waals surface area contributed by atoms with Crippen LogP contribution in [0.25, 0.3) is 0 Å². The maximum Gasteiger partial charge on any atom is 0.0602 e. The Bertz CT molecular complexity index is 314. The summed E-state index contributed by atoms with van der Waals surface area (Å²) in [6, 6.07) is 2.78. The van der Waals surface area contributed by atoms with Crippen molar-refractivity contribution in [3.05, 3.63) is 20.8 Å². The molecule has 2 N–H and O–H groups in total. The summed E-state index contributed by atoms with van der Waals surface area (Å²) in [5.74, 6) is 0. The molecule has 1 aromatic rings. The third-order valence-electron chi connectivity index (χ3n) is 3.09. The summed E-state index contributed by atoms with van der Waals surface area (Å²) in [4.78, 5) is 3.78. The van der Waals surface area contributed by atoms with Crippen LogP contribution in [0.5, 0.6) is 0 Å². The molecule has 1 aliphatic heterocycles. The number of nitrogens with zero attached hydrogens (tertiary/aromatic N) is 1. The zero-order valence-corrected chi connectivity index (χ0v) is 11.4. The lowest BCUT2D eigenvalue weighted by molar-refractivity contribution is 0.233. The highest BCUT2D eigenvalue weighted by atomic mass is 79.9. The van der Waals surface area contributed by atoms with Crippen LogP contribution in [-0.4, -0.2) is 24.5 Å². The van der Waals surface area contributed by atoms with E-state index in [0.717, 1.165) is 13.0 Å². The minimum absolute atomic E-state index is 0.271. The van der Waals surface area contributed by atoms with Crippen molar-refractivity contribution in [3.63, 3.8) is 0 Å². The molecule has 2 heterocycles. The lowest BCUT2D eigenvalue weighted by Gasteiger charge is -2.29. The van der Waals surface area contributed by atoms with Crippen LogP contribution in [0.1, 0.15) is 30.2 Å². The summed E-state index contributed by atoms with van der Waals surface area (Å²) in [6.07, 6.45) is 3.66. The van der Waals surface area contributed by atoms with Gasteiger partial charge in [-0.05, 0) is 53.8 Å². The van der Waals surface area contributed by atoms with Crippen molar-refractivity contribution in [2.45, 2.75) is 31.3 Å². The van der Waals surface area contributed by atoms with E-state index in [1.54, 1.807) is 11.3 Å². The summed E-state index contributed by atoms with van der Waals surface area (Å²) in [5.41, 5.74) is 6.27. The van der Waals surface area contributed by atoms with Gasteiger partial charge >= 0.3 is 0 Å². The summed E-state index contributed by atoms with van der Waals surface area (Å²) in [5, 5.41) is 2.13. The van der Waals surface area contributed by atoms with E-state index < -0.39 is 0 Å². The zero-order valence-electron chi connectivity index (χ0n) is 8.95. The van der Waals surface area contributed by atoms with E-state index in [0.29, 0.717) is 6.04 Å². The largest absolute Gasteiger partial charge is 0.326 e. The van der Waals surface area contributed by atoms with Gasteiger partial charge in [-0.25, -0.2) is 0 Å². The van der Waals surface area contributed by atoms with Gasteiger partial charge in [-0.3, -0.25) is 4.90 Å². The van der Waals surface area contributed by atoms with Crippen molar-refractivity contribution in [1.29, 1.82) is 0 Å². The first-order valence-corrected chi connectivity index (χ1v) is 7.06. The van der Waals surface area contributed by atoms with Crippen LogP contribution < -0.4 is 5.73 Å². The molecule has 4 heteroatoms. The van der Waals surface area contributed by atoms with Crippen molar-refractivity contribution in [2.75, 3.05) is 13.6 Å². The minimum atomic E-state index is 0.271. The van der Waals surface area contributed by atoms with E-state index in [4.69, 9.17) is 5.73 Å². The first kappa shape index (κ1) is 11.6. The Morgan fingerprint density at radius 2 is 2.33 bits per heavy atom. The number of hydrogen-bond donors (Lipinski definition) is 1. The van der Waals surface area contributed by atoms with E-state index in [-0.39, 0.29) is 6.04 Å². The van der Waals surface area contributed by atoms with Gasteiger partial charge in [0.2, 0.25) is 0 Å². The van der Waals surface area contributed by atoms with Crippen molar-refractivity contribution in [1.82, 2.24) is 4.90 Å². The average Bonchev–Trinajstić information content (AvgIpc) is 2.53. The molecule has 1 aromatic heterocycles. The molecular weight excluding hydrogens is 272 g/mol. The van der Waals surface area contributed by atoms with Crippen LogP contribution in [-0.2, 0) is 0 Å².